The third-order valence-electron chi connectivity index (χ3n) is 10.3. The van der Waals surface area contributed by atoms with Crippen LogP contribution >= 0.6 is 0 Å². The first-order valence-electron chi connectivity index (χ1n) is 19.2. The summed E-state index contributed by atoms with van der Waals surface area (Å²) < 4.78 is 0. The van der Waals surface area contributed by atoms with Crippen LogP contribution in [0.2, 0.25) is 0 Å². The molecule has 4 N–H and O–H groups in total. The lowest BCUT2D eigenvalue weighted by Crippen LogP contribution is -2.44. The second-order valence-corrected chi connectivity index (χ2v) is 16.2. The van der Waals surface area contributed by atoms with E-state index in [2.05, 4.69) is 151 Å². The van der Waals surface area contributed by atoms with Gasteiger partial charge < -0.3 is 20.4 Å². The molecule has 0 aromatic rings. The normalized spacial score (nSPS) is 25.9. The molecule has 292 valence electrons. The first-order chi connectivity index (χ1) is 25.3. The predicted octanol–water partition coefficient (Wildman–Crippen LogP) is 11.5. The summed E-state index contributed by atoms with van der Waals surface area (Å²) >= 11 is 0. The smallest absolute Gasteiger partial charge is 0.0893 e. The summed E-state index contributed by atoms with van der Waals surface area (Å²) in [6.45, 7) is 24.4. The minimum absolute atomic E-state index is 0.490. The summed E-state index contributed by atoms with van der Waals surface area (Å²) in [6, 6.07) is 0. The van der Waals surface area contributed by atoms with Crippen LogP contribution in [0.4, 0.5) is 0 Å². The molecule has 2 aliphatic carbocycles. The average molecular weight is 733 g/mol. The fourth-order valence-corrected chi connectivity index (χ4v) is 6.75. The number of aliphatic hydroxyl groups excluding tert-OH is 4. The second kappa shape index (κ2) is 21.7. The molecule has 4 atom stereocenters. The van der Waals surface area contributed by atoms with E-state index in [-0.39, 0.29) is 0 Å². The number of allylic oxidation sites excluding steroid dienone is 26. The molecule has 0 spiro atoms. The second-order valence-electron chi connectivity index (χ2n) is 16.2. The molecular weight excluding hydrogens is 665 g/mol. The Morgan fingerprint density at radius 1 is 0.426 bits per heavy atom. The summed E-state index contributed by atoms with van der Waals surface area (Å²) in [6.07, 6.45) is 39.5. The molecule has 0 heterocycles. The molecular formula is C50H68O4. The van der Waals surface area contributed by atoms with Gasteiger partial charge in [-0.1, -0.05) is 194 Å². The van der Waals surface area contributed by atoms with E-state index in [4.69, 9.17) is 0 Å². The summed E-state index contributed by atoms with van der Waals surface area (Å²) in [5.41, 5.74) is 10.3. The van der Waals surface area contributed by atoms with E-state index in [0.717, 1.165) is 55.7 Å². The van der Waals surface area contributed by atoms with E-state index in [1.165, 1.54) is 0 Å². The lowest BCUT2D eigenvalue weighted by molar-refractivity contribution is -0.0439. The Bertz CT molecular complexity index is 1650. The maximum atomic E-state index is 10.5. The molecule has 0 amide bonds. The van der Waals surface area contributed by atoms with E-state index >= 15 is 0 Å². The van der Waals surface area contributed by atoms with E-state index in [0.29, 0.717) is 12.8 Å². The lowest BCUT2D eigenvalue weighted by atomic mass is 9.69. The highest BCUT2D eigenvalue weighted by Gasteiger charge is 2.41. The maximum Gasteiger partial charge on any atom is 0.0893 e. The fraction of sp³-hybridized carbons (Fsp3) is 0.400. The third kappa shape index (κ3) is 14.6. The Hall–Kier alpha value is -4.06. The van der Waals surface area contributed by atoms with Gasteiger partial charge >= 0.3 is 0 Å². The minimum atomic E-state index is -0.769. The molecule has 0 aromatic heterocycles. The van der Waals surface area contributed by atoms with Crippen LogP contribution in [0.1, 0.15) is 95.9 Å². The Kier molecular flexibility index (Phi) is 18.6. The lowest BCUT2D eigenvalue weighted by Gasteiger charge is -2.40. The molecule has 0 bridgehead atoms. The summed E-state index contributed by atoms with van der Waals surface area (Å²) in [4.78, 5) is 0. The van der Waals surface area contributed by atoms with Crippen LogP contribution in [-0.4, -0.2) is 44.8 Å². The van der Waals surface area contributed by atoms with Crippen molar-refractivity contribution in [1.82, 2.24) is 0 Å². The molecule has 0 saturated heterocycles. The van der Waals surface area contributed by atoms with Gasteiger partial charge in [0.2, 0.25) is 0 Å². The summed E-state index contributed by atoms with van der Waals surface area (Å²) in [7, 11) is 0. The SMILES string of the molecule is CC1=C(/C=C/C(C)=C/C=C/C(C)=C/C=C/C(C)=C/C=C/C=C(C)/C=C/C=C(C)/C=C/C=C(C)/C=C/C2=C(C)C[C@@H](O)[C@H](O)C2(C)C)C(C)(C)[C@@H](O)[C@H](O)C1. The van der Waals surface area contributed by atoms with Crippen LogP contribution in [0.25, 0.3) is 0 Å². The van der Waals surface area contributed by atoms with Crippen molar-refractivity contribution in [2.45, 2.75) is 120 Å². The van der Waals surface area contributed by atoms with Crippen molar-refractivity contribution < 1.29 is 20.4 Å². The highest BCUT2D eigenvalue weighted by atomic mass is 16.3. The van der Waals surface area contributed by atoms with Gasteiger partial charge in [-0.15, -0.1) is 0 Å². The number of hydrogen-bond donors (Lipinski definition) is 4. The van der Waals surface area contributed by atoms with E-state index < -0.39 is 35.2 Å². The van der Waals surface area contributed by atoms with Crippen molar-refractivity contribution in [3.63, 3.8) is 0 Å². The van der Waals surface area contributed by atoms with E-state index in [9.17, 15) is 20.4 Å². The van der Waals surface area contributed by atoms with E-state index in [1.807, 2.05) is 53.7 Å². The van der Waals surface area contributed by atoms with E-state index in [1.54, 1.807) is 0 Å². The zero-order valence-corrected chi connectivity index (χ0v) is 35.1. The number of hydrogen-bond acceptors (Lipinski definition) is 4. The summed E-state index contributed by atoms with van der Waals surface area (Å²) in [5, 5.41) is 41.3. The van der Waals surface area contributed by atoms with Crippen molar-refractivity contribution in [2.75, 3.05) is 0 Å². The Morgan fingerprint density at radius 3 is 0.944 bits per heavy atom. The van der Waals surface area contributed by atoms with Crippen LogP contribution in [-0.2, 0) is 0 Å². The van der Waals surface area contributed by atoms with Crippen LogP contribution in [0.3, 0.4) is 0 Å². The van der Waals surface area contributed by atoms with Crippen molar-refractivity contribution in [3.05, 3.63) is 177 Å². The van der Waals surface area contributed by atoms with Crippen molar-refractivity contribution >= 4 is 0 Å². The standard InChI is InChI=1S/C50H68O4/c1-35(21-15-23-37(3)25-17-27-39(5)29-31-43-41(7)33-45(51)47(53)49(43,9)10)19-13-14-20-36(2)22-16-24-38(4)26-18-28-40(6)30-32-44-42(8)34-46(52)48(54)50(44,11)12/h13-32,45-48,51-54H,33-34H2,1-12H3/b14-13+,21-15+,22-16+,25-17+,26-18+,31-29+,32-30+,35-19+,36-20+,37-23+,38-24+,39-27+,40-28+/t45-,46-,47+,48+/m1/s1. The molecule has 2 aliphatic rings. The van der Waals surface area contributed by atoms with Crippen LogP contribution in [0, 0.1) is 10.8 Å². The summed E-state index contributed by atoms with van der Waals surface area (Å²) in [5.74, 6) is 0. The van der Waals surface area contributed by atoms with Crippen molar-refractivity contribution in [2.24, 2.45) is 10.8 Å². The third-order valence-corrected chi connectivity index (χ3v) is 10.3. The largest absolute Gasteiger partial charge is 0.390 e. The fourth-order valence-electron chi connectivity index (χ4n) is 6.75. The topological polar surface area (TPSA) is 80.9 Å². The molecule has 0 aromatic carbocycles. The van der Waals surface area contributed by atoms with Gasteiger partial charge in [-0.3, -0.25) is 0 Å². The molecule has 0 radical (unpaired) electrons. The molecule has 54 heavy (non-hydrogen) atoms. The first kappa shape index (κ1) is 46.1. The zero-order valence-electron chi connectivity index (χ0n) is 35.1. The maximum absolute atomic E-state index is 10.5. The van der Waals surface area contributed by atoms with Gasteiger partial charge in [0.25, 0.3) is 0 Å². The van der Waals surface area contributed by atoms with Gasteiger partial charge in [-0.25, -0.2) is 0 Å². The molecule has 0 aliphatic heterocycles. The molecule has 4 heteroatoms. The predicted molar refractivity (Wildman–Crippen MR) is 233 cm³/mol. The van der Waals surface area contributed by atoms with Crippen LogP contribution < -0.4 is 0 Å². The van der Waals surface area contributed by atoms with Crippen LogP contribution in [0.5, 0.6) is 0 Å². The zero-order chi connectivity index (χ0) is 40.6. The first-order valence-corrected chi connectivity index (χ1v) is 19.2. The Balaban J connectivity index is 1.87. The highest BCUT2D eigenvalue weighted by Crippen LogP contribution is 2.42. The van der Waals surface area contributed by atoms with Crippen molar-refractivity contribution in [1.29, 1.82) is 0 Å². The molecule has 0 unspecified atom stereocenters. The van der Waals surface area contributed by atoms with Gasteiger partial charge in [0.1, 0.15) is 0 Å². The average Bonchev–Trinajstić information content (AvgIpc) is 3.08. The number of aliphatic hydroxyl groups is 4. The minimum Gasteiger partial charge on any atom is -0.390 e. The Morgan fingerprint density at radius 2 is 0.667 bits per heavy atom. The number of rotatable bonds is 14. The van der Waals surface area contributed by atoms with Gasteiger partial charge in [0.05, 0.1) is 24.4 Å². The molecule has 2 rings (SSSR count). The quantitative estimate of drug-likeness (QED) is 0.134. The molecule has 0 saturated carbocycles. The van der Waals surface area contributed by atoms with Gasteiger partial charge in [-0.2, -0.15) is 0 Å². The Labute approximate surface area is 327 Å². The van der Waals surface area contributed by atoms with Gasteiger partial charge in [-0.05, 0) is 79.4 Å². The highest BCUT2D eigenvalue weighted by molar-refractivity contribution is 5.41. The van der Waals surface area contributed by atoms with Gasteiger partial charge in [0.15, 0.2) is 0 Å². The molecule has 0 fully saturated rings. The van der Waals surface area contributed by atoms with Crippen molar-refractivity contribution in [3.8, 4) is 0 Å². The molecule has 4 nitrogen and oxygen atoms in total. The monoisotopic (exact) mass is 733 g/mol. The van der Waals surface area contributed by atoms with Gasteiger partial charge in [0, 0.05) is 10.8 Å². The van der Waals surface area contributed by atoms with Crippen LogP contribution in [0.15, 0.2) is 177 Å².